The van der Waals surface area contributed by atoms with Gasteiger partial charge in [-0.2, -0.15) is 4.98 Å². The summed E-state index contributed by atoms with van der Waals surface area (Å²) in [6.45, 7) is 3.87. The number of rotatable bonds is 7. The molecule has 4 rings (SSSR count). The Balaban J connectivity index is 1.67. The highest BCUT2D eigenvalue weighted by Gasteiger charge is 2.30. The Bertz CT molecular complexity index is 1140. The van der Waals surface area contributed by atoms with Crippen molar-refractivity contribution in [2.45, 2.75) is 32.9 Å². The van der Waals surface area contributed by atoms with Gasteiger partial charge < -0.3 is 19.1 Å². The van der Waals surface area contributed by atoms with E-state index < -0.39 is 11.8 Å². The molecule has 0 saturated carbocycles. The van der Waals surface area contributed by atoms with Crippen molar-refractivity contribution in [3.63, 3.8) is 0 Å². The number of benzene rings is 2. The first kappa shape index (κ1) is 21.5. The van der Waals surface area contributed by atoms with E-state index in [0.29, 0.717) is 17.3 Å². The molecule has 1 aromatic heterocycles. The van der Waals surface area contributed by atoms with E-state index in [9.17, 15) is 9.18 Å². The molecule has 0 saturated heterocycles. The van der Waals surface area contributed by atoms with Crippen molar-refractivity contribution in [1.29, 1.82) is 0 Å². The van der Waals surface area contributed by atoms with E-state index in [-0.39, 0.29) is 30.7 Å². The molecule has 1 aliphatic heterocycles. The fourth-order valence-corrected chi connectivity index (χ4v) is 3.72. The minimum atomic E-state index is -0.598. The highest BCUT2D eigenvalue weighted by atomic mass is 19.1. The van der Waals surface area contributed by atoms with Crippen molar-refractivity contribution in [3.05, 3.63) is 71.2 Å². The molecule has 32 heavy (non-hydrogen) atoms. The van der Waals surface area contributed by atoms with Gasteiger partial charge in [0.05, 0.1) is 19.9 Å². The molecule has 1 aliphatic rings. The quantitative estimate of drug-likeness (QED) is 0.505. The van der Waals surface area contributed by atoms with Gasteiger partial charge in [-0.15, -0.1) is 0 Å². The predicted molar refractivity (Wildman–Crippen MR) is 117 cm³/mol. The monoisotopic (exact) mass is 437 g/mol. The number of hydrogen-bond acceptors (Lipinski definition) is 7. The molecule has 0 amide bonds. The average molecular weight is 437 g/mol. The normalized spacial score (nSPS) is 14.8. The molecule has 166 valence electrons. The summed E-state index contributed by atoms with van der Waals surface area (Å²) >= 11 is 0. The van der Waals surface area contributed by atoms with E-state index in [4.69, 9.17) is 14.2 Å². The van der Waals surface area contributed by atoms with E-state index >= 15 is 0 Å². The summed E-state index contributed by atoms with van der Waals surface area (Å²) in [6, 6.07) is 12.7. The van der Waals surface area contributed by atoms with E-state index in [1.165, 1.54) is 24.9 Å². The van der Waals surface area contributed by atoms with Gasteiger partial charge in [0.15, 0.2) is 0 Å². The molecule has 0 N–H and O–H groups in total. The molecule has 0 radical (unpaired) electrons. The number of halogens is 1. The summed E-state index contributed by atoms with van der Waals surface area (Å²) in [6.07, 6.45) is 2.25. The Labute approximate surface area is 185 Å². The number of hydrogen-bond donors (Lipinski definition) is 0. The van der Waals surface area contributed by atoms with E-state index in [1.54, 1.807) is 19.1 Å². The van der Waals surface area contributed by atoms with Crippen LogP contribution in [0.25, 0.3) is 0 Å². The lowest BCUT2D eigenvalue weighted by molar-refractivity contribution is 0.0519. The molecule has 1 unspecified atom stereocenters. The maximum atomic E-state index is 14.4. The Morgan fingerprint density at radius 2 is 2.06 bits per heavy atom. The summed E-state index contributed by atoms with van der Waals surface area (Å²) in [7, 11) is 1.47. The lowest BCUT2D eigenvalue weighted by Crippen LogP contribution is -2.26. The lowest BCUT2D eigenvalue weighted by Gasteiger charge is -2.23. The topological polar surface area (TPSA) is 73.8 Å². The number of carbonyl (C=O) groups is 1. The number of fused-ring (bicyclic) bond motifs is 1. The van der Waals surface area contributed by atoms with Gasteiger partial charge in [0.2, 0.25) is 11.8 Å². The Morgan fingerprint density at radius 3 is 2.81 bits per heavy atom. The molecule has 0 spiro atoms. The van der Waals surface area contributed by atoms with Crippen LogP contribution >= 0.6 is 0 Å². The average Bonchev–Trinajstić information content (AvgIpc) is 3.13. The lowest BCUT2D eigenvalue weighted by atomic mass is 10.1. The molecule has 2 aromatic carbocycles. The van der Waals surface area contributed by atoms with Crippen molar-refractivity contribution >= 4 is 17.6 Å². The van der Waals surface area contributed by atoms with Crippen molar-refractivity contribution in [1.82, 2.24) is 9.97 Å². The van der Waals surface area contributed by atoms with Crippen LogP contribution in [-0.2, 0) is 17.8 Å². The number of para-hydroxylation sites is 1. The maximum Gasteiger partial charge on any atom is 0.345 e. The minimum absolute atomic E-state index is 0.0419. The van der Waals surface area contributed by atoms with Gasteiger partial charge in [-0.05, 0) is 44.0 Å². The number of carbonyl (C=O) groups excluding carboxylic acids is 1. The van der Waals surface area contributed by atoms with Gasteiger partial charge in [-0.1, -0.05) is 18.2 Å². The smallest absolute Gasteiger partial charge is 0.345 e. The number of nitrogens with zero attached hydrogens (tertiary/aromatic N) is 3. The zero-order valence-electron chi connectivity index (χ0n) is 18.2. The summed E-state index contributed by atoms with van der Waals surface area (Å²) in [4.78, 5) is 23.4. The van der Waals surface area contributed by atoms with Crippen LogP contribution in [0.2, 0.25) is 0 Å². The van der Waals surface area contributed by atoms with Crippen LogP contribution in [0.4, 0.5) is 16.0 Å². The minimum Gasteiger partial charge on any atom is -0.497 e. The number of methoxy groups -OCH3 is 1. The molecule has 3 aromatic rings. The number of aromatic nitrogens is 2. The Kier molecular flexibility index (Phi) is 6.20. The third-order valence-electron chi connectivity index (χ3n) is 5.28. The van der Waals surface area contributed by atoms with Crippen molar-refractivity contribution in [3.8, 4) is 11.6 Å². The highest BCUT2D eigenvalue weighted by Crippen LogP contribution is 2.37. The van der Waals surface area contributed by atoms with Crippen LogP contribution < -0.4 is 14.4 Å². The molecule has 1 atom stereocenters. The van der Waals surface area contributed by atoms with Crippen LogP contribution in [0.5, 0.6) is 11.6 Å². The Morgan fingerprint density at radius 1 is 1.25 bits per heavy atom. The van der Waals surface area contributed by atoms with Gasteiger partial charge in [0, 0.05) is 23.4 Å². The van der Waals surface area contributed by atoms with Crippen molar-refractivity contribution < 1.29 is 23.4 Å². The second-order valence-corrected chi connectivity index (χ2v) is 7.41. The molecule has 0 fully saturated rings. The third-order valence-corrected chi connectivity index (χ3v) is 5.28. The van der Waals surface area contributed by atoms with Crippen LogP contribution in [0.15, 0.2) is 48.7 Å². The van der Waals surface area contributed by atoms with Gasteiger partial charge in [0.1, 0.15) is 23.7 Å². The van der Waals surface area contributed by atoms with Crippen LogP contribution in [0.3, 0.4) is 0 Å². The SMILES string of the molecule is CCOC(=O)c1cnc(N2c3ccccc3CC2C)nc1OCc1ccc(OC)cc1F. The first-order valence-corrected chi connectivity index (χ1v) is 10.4. The molecule has 7 nitrogen and oxygen atoms in total. The number of esters is 1. The predicted octanol–water partition coefficient (Wildman–Crippen LogP) is 4.46. The highest BCUT2D eigenvalue weighted by molar-refractivity contribution is 5.91. The number of ether oxygens (including phenoxy) is 3. The van der Waals surface area contributed by atoms with Crippen LogP contribution in [-0.4, -0.2) is 35.7 Å². The number of anilines is 2. The molecule has 8 heteroatoms. The Hall–Kier alpha value is -3.68. The van der Waals surface area contributed by atoms with Gasteiger partial charge in [-0.3, -0.25) is 0 Å². The summed E-state index contributed by atoms with van der Waals surface area (Å²) in [5.41, 5.74) is 2.60. The second kappa shape index (κ2) is 9.21. The van der Waals surface area contributed by atoms with Crippen molar-refractivity contribution in [2.24, 2.45) is 0 Å². The molecule has 2 heterocycles. The first-order valence-electron chi connectivity index (χ1n) is 10.4. The zero-order valence-corrected chi connectivity index (χ0v) is 18.2. The first-order chi connectivity index (χ1) is 15.5. The van der Waals surface area contributed by atoms with E-state index in [2.05, 4.69) is 23.0 Å². The fraction of sp³-hybridized carbons (Fsp3) is 0.292. The molecular formula is C24H24FN3O4. The van der Waals surface area contributed by atoms with E-state index in [1.807, 2.05) is 23.1 Å². The zero-order chi connectivity index (χ0) is 22.7. The molecule has 0 aliphatic carbocycles. The van der Waals surface area contributed by atoms with Crippen molar-refractivity contribution in [2.75, 3.05) is 18.6 Å². The van der Waals surface area contributed by atoms with Gasteiger partial charge in [-0.25, -0.2) is 14.2 Å². The summed E-state index contributed by atoms with van der Waals surface area (Å²) in [5.74, 6) is -0.219. The molecule has 0 bridgehead atoms. The van der Waals surface area contributed by atoms with Crippen LogP contribution in [0.1, 0.15) is 35.3 Å². The summed E-state index contributed by atoms with van der Waals surface area (Å²) in [5, 5.41) is 0. The second-order valence-electron chi connectivity index (χ2n) is 7.41. The van der Waals surface area contributed by atoms with Gasteiger partial charge in [0.25, 0.3) is 0 Å². The van der Waals surface area contributed by atoms with Crippen LogP contribution in [0, 0.1) is 5.82 Å². The largest absolute Gasteiger partial charge is 0.497 e. The maximum absolute atomic E-state index is 14.4. The van der Waals surface area contributed by atoms with Gasteiger partial charge >= 0.3 is 5.97 Å². The van der Waals surface area contributed by atoms with E-state index in [0.717, 1.165) is 12.1 Å². The summed E-state index contributed by atoms with van der Waals surface area (Å²) < 4.78 is 30.3. The molecular weight excluding hydrogens is 413 g/mol. The third kappa shape index (κ3) is 4.21. The fourth-order valence-electron chi connectivity index (χ4n) is 3.72. The standard InChI is InChI=1S/C24H24FN3O4/c1-4-31-23(29)19-13-26-24(28-15(2)11-16-7-5-6-8-21(16)28)27-22(19)32-14-17-9-10-18(30-3)12-20(17)25/h5-10,12-13,15H,4,11,14H2,1-3H3.